The maximum atomic E-state index is 8.85. The van der Waals surface area contributed by atoms with E-state index in [1.54, 1.807) is 0 Å². The molecule has 1 N–H and O–H groups in total. The Morgan fingerprint density at radius 3 is 3.21 bits per heavy atom. The van der Waals surface area contributed by atoms with Gasteiger partial charge in [0, 0.05) is 24.6 Å². The summed E-state index contributed by atoms with van der Waals surface area (Å²) < 4.78 is 5.37. The van der Waals surface area contributed by atoms with Crippen LogP contribution in [0.2, 0.25) is 0 Å². The van der Waals surface area contributed by atoms with Gasteiger partial charge in [-0.25, -0.2) is 0 Å². The Balaban J connectivity index is 2.24. The second-order valence-electron chi connectivity index (χ2n) is 3.07. The van der Waals surface area contributed by atoms with Crippen molar-refractivity contribution in [3.63, 3.8) is 0 Å². The first-order valence-corrected chi connectivity index (χ1v) is 4.64. The SMILES string of the molecule is N#CC(NCCN=[N+]=[N-])C1CCCO1. The number of hydrogen-bond donors (Lipinski definition) is 1. The lowest BCUT2D eigenvalue weighted by Crippen LogP contribution is -2.39. The smallest absolute Gasteiger partial charge is 0.122 e. The van der Waals surface area contributed by atoms with E-state index in [9.17, 15) is 0 Å². The number of hydrogen-bond acceptors (Lipinski definition) is 4. The number of nitrogens with zero attached hydrogens (tertiary/aromatic N) is 4. The van der Waals surface area contributed by atoms with Crippen molar-refractivity contribution in [2.24, 2.45) is 5.11 Å². The highest BCUT2D eigenvalue weighted by atomic mass is 16.5. The number of nitrogens with one attached hydrogen (secondary N) is 1. The van der Waals surface area contributed by atoms with Crippen LogP contribution in [-0.2, 0) is 4.74 Å². The van der Waals surface area contributed by atoms with Crippen LogP contribution in [0.25, 0.3) is 10.4 Å². The van der Waals surface area contributed by atoms with Crippen LogP contribution in [0, 0.1) is 11.3 Å². The largest absolute Gasteiger partial charge is 0.375 e. The van der Waals surface area contributed by atoms with Gasteiger partial charge in [-0.15, -0.1) is 0 Å². The molecule has 0 amide bonds. The molecule has 0 aromatic carbocycles. The summed E-state index contributed by atoms with van der Waals surface area (Å²) in [5, 5.41) is 15.2. The van der Waals surface area contributed by atoms with Gasteiger partial charge in [0.2, 0.25) is 0 Å². The third kappa shape index (κ3) is 3.23. The Morgan fingerprint density at radius 2 is 2.64 bits per heavy atom. The summed E-state index contributed by atoms with van der Waals surface area (Å²) in [6.07, 6.45) is 1.93. The summed E-state index contributed by atoms with van der Waals surface area (Å²) in [6.45, 7) is 1.62. The van der Waals surface area contributed by atoms with E-state index in [4.69, 9.17) is 15.5 Å². The molecule has 2 unspecified atom stereocenters. The van der Waals surface area contributed by atoms with Gasteiger partial charge >= 0.3 is 0 Å². The lowest BCUT2D eigenvalue weighted by molar-refractivity contribution is 0.0936. The molecule has 14 heavy (non-hydrogen) atoms. The maximum Gasteiger partial charge on any atom is 0.122 e. The molecular formula is C8H13N5O. The van der Waals surface area contributed by atoms with Gasteiger partial charge in [0.25, 0.3) is 0 Å². The monoisotopic (exact) mass is 195 g/mol. The third-order valence-electron chi connectivity index (χ3n) is 2.12. The summed E-state index contributed by atoms with van der Waals surface area (Å²) >= 11 is 0. The van der Waals surface area contributed by atoms with Crippen molar-refractivity contribution in [2.75, 3.05) is 19.7 Å². The second kappa shape index (κ2) is 6.22. The Morgan fingerprint density at radius 1 is 1.79 bits per heavy atom. The Hall–Kier alpha value is -1.28. The number of ether oxygens (including phenoxy) is 1. The van der Waals surface area contributed by atoms with Crippen molar-refractivity contribution in [3.8, 4) is 6.07 Å². The molecule has 0 aromatic rings. The van der Waals surface area contributed by atoms with Crippen LogP contribution in [-0.4, -0.2) is 31.8 Å². The van der Waals surface area contributed by atoms with E-state index >= 15 is 0 Å². The van der Waals surface area contributed by atoms with Gasteiger partial charge < -0.3 is 4.74 Å². The summed E-state index contributed by atoms with van der Waals surface area (Å²) in [7, 11) is 0. The highest BCUT2D eigenvalue weighted by Crippen LogP contribution is 2.14. The van der Waals surface area contributed by atoms with E-state index in [-0.39, 0.29) is 12.1 Å². The van der Waals surface area contributed by atoms with Crippen molar-refractivity contribution in [1.82, 2.24) is 5.32 Å². The number of rotatable bonds is 5. The molecule has 1 fully saturated rings. The molecular weight excluding hydrogens is 182 g/mol. The van der Waals surface area contributed by atoms with E-state index in [1.807, 2.05) is 0 Å². The average Bonchev–Trinajstić information content (AvgIpc) is 2.71. The fourth-order valence-electron chi connectivity index (χ4n) is 1.44. The molecule has 6 heteroatoms. The molecule has 0 saturated carbocycles. The van der Waals surface area contributed by atoms with E-state index in [0.29, 0.717) is 13.1 Å². The minimum atomic E-state index is -0.286. The van der Waals surface area contributed by atoms with Crippen molar-refractivity contribution >= 4 is 0 Å². The molecule has 0 aromatic heterocycles. The van der Waals surface area contributed by atoms with Crippen molar-refractivity contribution < 1.29 is 4.74 Å². The molecule has 0 radical (unpaired) electrons. The molecule has 2 atom stereocenters. The molecule has 1 heterocycles. The van der Waals surface area contributed by atoms with Gasteiger partial charge in [-0.1, -0.05) is 5.11 Å². The van der Waals surface area contributed by atoms with Gasteiger partial charge in [0.05, 0.1) is 12.2 Å². The zero-order valence-electron chi connectivity index (χ0n) is 7.89. The molecule has 1 aliphatic rings. The van der Waals surface area contributed by atoms with Crippen LogP contribution >= 0.6 is 0 Å². The normalized spacial score (nSPS) is 22.4. The van der Waals surface area contributed by atoms with Gasteiger partial charge in [0.15, 0.2) is 0 Å². The summed E-state index contributed by atoms with van der Waals surface area (Å²) in [6, 6.07) is 1.86. The van der Waals surface area contributed by atoms with Crippen LogP contribution in [0.1, 0.15) is 12.8 Å². The molecule has 0 bridgehead atoms. The zero-order chi connectivity index (χ0) is 10.2. The standard InChI is InChI=1S/C8H13N5O/c9-6-7(8-2-1-5-14-8)11-3-4-12-13-10/h7-8,11H,1-5H2. The first kappa shape index (κ1) is 10.8. The zero-order valence-corrected chi connectivity index (χ0v) is 7.89. The predicted molar refractivity (Wildman–Crippen MR) is 50.4 cm³/mol. The minimum Gasteiger partial charge on any atom is -0.375 e. The topological polar surface area (TPSA) is 93.8 Å². The molecule has 1 saturated heterocycles. The Bertz CT molecular complexity index is 249. The molecule has 0 aliphatic carbocycles. The van der Waals surface area contributed by atoms with Gasteiger partial charge in [-0.2, -0.15) is 5.26 Å². The first-order valence-electron chi connectivity index (χ1n) is 4.64. The quantitative estimate of drug-likeness (QED) is 0.306. The van der Waals surface area contributed by atoms with Gasteiger partial charge in [0.1, 0.15) is 6.04 Å². The van der Waals surface area contributed by atoms with Crippen molar-refractivity contribution in [3.05, 3.63) is 10.4 Å². The van der Waals surface area contributed by atoms with E-state index in [2.05, 4.69) is 21.4 Å². The van der Waals surface area contributed by atoms with Gasteiger partial charge in [-0.05, 0) is 18.4 Å². The summed E-state index contributed by atoms with van der Waals surface area (Å²) in [5.41, 5.74) is 8.04. The maximum absolute atomic E-state index is 8.85. The number of azide groups is 1. The van der Waals surface area contributed by atoms with Crippen molar-refractivity contribution in [2.45, 2.75) is 25.0 Å². The molecule has 1 rings (SSSR count). The van der Waals surface area contributed by atoms with Crippen LogP contribution in [0.4, 0.5) is 0 Å². The van der Waals surface area contributed by atoms with Crippen LogP contribution in [0.15, 0.2) is 5.11 Å². The molecule has 6 nitrogen and oxygen atoms in total. The fourth-order valence-corrected chi connectivity index (χ4v) is 1.44. The fraction of sp³-hybridized carbons (Fsp3) is 0.875. The molecule has 1 aliphatic heterocycles. The lowest BCUT2D eigenvalue weighted by atomic mass is 10.1. The Labute approximate surface area is 82.5 Å². The second-order valence-corrected chi connectivity index (χ2v) is 3.07. The lowest BCUT2D eigenvalue weighted by Gasteiger charge is -2.16. The minimum absolute atomic E-state index is 0.00827. The Kier molecular flexibility index (Phi) is 4.79. The van der Waals surface area contributed by atoms with Crippen LogP contribution in [0.5, 0.6) is 0 Å². The summed E-state index contributed by atoms with van der Waals surface area (Å²) in [4.78, 5) is 2.63. The summed E-state index contributed by atoms with van der Waals surface area (Å²) in [5.74, 6) is 0. The number of nitriles is 1. The van der Waals surface area contributed by atoms with Gasteiger partial charge in [-0.3, -0.25) is 5.32 Å². The van der Waals surface area contributed by atoms with E-state index in [1.165, 1.54) is 0 Å². The highest BCUT2D eigenvalue weighted by Gasteiger charge is 2.24. The first-order chi connectivity index (χ1) is 6.88. The van der Waals surface area contributed by atoms with Crippen molar-refractivity contribution in [1.29, 1.82) is 5.26 Å². The molecule has 76 valence electrons. The van der Waals surface area contributed by atoms with E-state index in [0.717, 1.165) is 19.4 Å². The van der Waals surface area contributed by atoms with E-state index < -0.39 is 0 Å². The molecule has 0 spiro atoms. The average molecular weight is 195 g/mol. The van der Waals surface area contributed by atoms with Crippen LogP contribution < -0.4 is 5.32 Å². The van der Waals surface area contributed by atoms with Crippen LogP contribution in [0.3, 0.4) is 0 Å². The third-order valence-corrected chi connectivity index (χ3v) is 2.12. The predicted octanol–water partition coefficient (Wildman–Crippen LogP) is 0.957. The highest BCUT2D eigenvalue weighted by molar-refractivity contribution is 4.97.